The van der Waals surface area contributed by atoms with Crippen molar-refractivity contribution in [2.75, 3.05) is 17.9 Å². The Balaban J connectivity index is 2.04. The molecular weight excluding hydrogens is 510 g/mol. The number of nitrogens with one attached hydrogen (secondary N) is 1. The fourth-order valence-corrected chi connectivity index (χ4v) is 5.49. The van der Waals surface area contributed by atoms with Gasteiger partial charge in [-0.25, -0.2) is 8.42 Å². The van der Waals surface area contributed by atoms with Gasteiger partial charge >= 0.3 is 0 Å². The third-order valence-electron chi connectivity index (χ3n) is 6.11. The van der Waals surface area contributed by atoms with Gasteiger partial charge in [0, 0.05) is 18.6 Å². The number of carbonyl (C=O) groups excluding carboxylic acids is 2. The molecule has 0 saturated carbocycles. The second-order valence-corrected chi connectivity index (χ2v) is 11.1. The summed E-state index contributed by atoms with van der Waals surface area (Å²) in [6.45, 7) is 5.36. The molecule has 3 rings (SSSR count). The summed E-state index contributed by atoms with van der Waals surface area (Å²) in [4.78, 5) is 28.0. The summed E-state index contributed by atoms with van der Waals surface area (Å²) < 4.78 is 28.6. The quantitative estimate of drug-likeness (QED) is 0.403. The molecule has 0 spiro atoms. The molecule has 0 saturated heterocycles. The third-order valence-corrected chi connectivity index (χ3v) is 8.15. The van der Waals surface area contributed by atoms with Crippen LogP contribution < -0.4 is 9.62 Å². The second kappa shape index (κ2) is 12.3. The minimum Gasteiger partial charge on any atom is -0.357 e. The first-order valence-electron chi connectivity index (χ1n) is 12.0. The summed E-state index contributed by atoms with van der Waals surface area (Å²) in [7, 11) is -2.61. The van der Waals surface area contributed by atoms with Gasteiger partial charge in [0.05, 0.1) is 10.6 Å². The summed E-state index contributed by atoms with van der Waals surface area (Å²) in [5.41, 5.74) is 3.20. The summed E-state index contributed by atoms with van der Waals surface area (Å²) in [5.74, 6) is -0.806. The number of amides is 2. The lowest BCUT2D eigenvalue weighted by molar-refractivity contribution is -0.140. The first-order chi connectivity index (χ1) is 17.6. The normalized spacial score (nSPS) is 12.0. The Morgan fingerprint density at radius 3 is 1.95 bits per heavy atom. The molecule has 0 heterocycles. The van der Waals surface area contributed by atoms with Crippen molar-refractivity contribution in [3.8, 4) is 0 Å². The van der Waals surface area contributed by atoms with Crippen LogP contribution in [0.5, 0.6) is 0 Å². The van der Waals surface area contributed by atoms with E-state index in [9.17, 15) is 18.0 Å². The zero-order valence-corrected chi connectivity index (χ0v) is 23.0. The van der Waals surface area contributed by atoms with Gasteiger partial charge in [0.15, 0.2) is 0 Å². The molecule has 0 unspecified atom stereocenters. The van der Waals surface area contributed by atoms with Gasteiger partial charge in [-0.15, -0.1) is 0 Å². The van der Waals surface area contributed by atoms with Gasteiger partial charge in [-0.2, -0.15) is 0 Å². The predicted octanol–water partition coefficient (Wildman–Crippen LogP) is 4.71. The van der Waals surface area contributed by atoms with E-state index in [-0.39, 0.29) is 17.3 Å². The maximum atomic E-state index is 13.8. The van der Waals surface area contributed by atoms with E-state index in [4.69, 9.17) is 11.6 Å². The number of benzene rings is 3. The minimum absolute atomic E-state index is 0.00806. The van der Waals surface area contributed by atoms with Crippen molar-refractivity contribution < 1.29 is 18.0 Å². The predicted molar refractivity (Wildman–Crippen MR) is 147 cm³/mol. The Kier molecular flexibility index (Phi) is 9.34. The number of rotatable bonds is 10. The van der Waals surface area contributed by atoms with Crippen LogP contribution in [0.3, 0.4) is 0 Å². The highest BCUT2D eigenvalue weighted by molar-refractivity contribution is 7.92. The Labute approximate surface area is 224 Å². The highest BCUT2D eigenvalue weighted by atomic mass is 35.5. The van der Waals surface area contributed by atoms with E-state index >= 15 is 0 Å². The van der Waals surface area contributed by atoms with E-state index < -0.39 is 28.5 Å². The molecular formula is C28H32ClN3O4S. The zero-order valence-electron chi connectivity index (χ0n) is 21.4. The molecule has 196 valence electrons. The van der Waals surface area contributed by atoms with Gasteiger partial charge in [0.2, 0.25) is 11.8 Å². The van der Waals surface area contributed by atoms with Crippen LogP contribution in [0.2, 0.25) is 5.02 Å². The first kappa shape index (κ1) is 28.2. The number of nitrogens with zero attached hydrogens (tertiary/aromatic N) is 2. The molecule has 0 radical (unpaired) electrons. The zero-order chi connectivity index (χ0) is 27.2. The Morgan fingerprint density at radius 1 is 0.892 bits per heavy atom. The maximum Gasteiger partial charge on any atom is 0.264 e. The summed E-state index contributed by atoms with van der Waals surface area (Å²) >= 11 is 5.98. The fraction of sp³-hybridized carbons (Fsp3) is 0.286. The van der Waals surface area contributed by atoms with Crippen molar-refractivity contribution in [3.63, 3.8) is 0 Å². The average Bonchev–Trinajstić information content (AvgIpc) is 2.88. The standard InChI is InChI=1S/C28H32ClN3O4S/c1-5-26(28(34)30-4)31(18-22-10-6-20(2)7-11-22)27(33)19-32(24-14-8-21(3)9-15-24)37(35,36)25-16-12-23(29)13-17-25/h6-17,26H,5,18-19H2,1-4H3,(H,30,34)/t26-/m0/s1. The van der Waals surface area contributed by atoms with Crippen molar-refractivity contribution in [2.24, 2.45) is 0 Å². The number of halogens is 1. The molecule has 1 N–H and O–H groups in total. The summed E-state index contributed by atoms with van der Waals surface area (Å²) in [5, 5.41) is 3.02. The molecule has 3 aromatic rings. The van der Waals surface area contributed by atoms with E-state index in [1.165, 1.54) is 36.2 Å². The van der Waals surface area contributed by atoms with Crippen molar-refractivity contribution in [2.45, 2.75) is 44.7 Å². The lowest BCUT2D eigenvalue weighted by Crippen LogP contribution is -2.51. The largest absolute Gasteiger partial charge is 0.357 e. The van der Waals surface area contributed by atoms with Crippen LogP contribution in [0.1, 0.15) is 30.0 Å². The minimum atomic E-state index is -4.12. The molecule has 7 nitrogen and oxygen atoms in total. The number of aryl methyl sites for hydroxylation is 2. The number of carbonyl (C=O) groups is 2. The van der Waals surface area contributed by atoms with Gasteiger partial charge in [-0.05, 0) is 62.2 Å². The van der Waals surface area contributed by atoms with Gasteiger partial charge < -0.3 is 10.2 Å². The van der Waals surface area contributed by atoms with Gasteiger partial charge in [-0.3, -0.25) is 13.9 Å². The average molecular weight is 542 g/mol. The van der Waals surface area contributed by atoms with Crippen molar-refractivity contribution >= 4 is 39.1 Å². The van der Waals surface area contributed by atoms with Crippen molar-refractivity contribution in [3.05, 3.63) is 94.5 Å². The van der Waals surface area contributed by atoms with E-state index in [1.807, 2.05) is 45.0 Å². The number of anilines is 1. The highest BCUT2D eigenvalue weighted by Crippen LogP contribution is 2.26. The lowest BCUT2D eigenvalue weighted by atomic mass is 10.1. The molecule has 0 aliphatic heterocycles. The number of hydrogen-bond acceptors (Lipinski definition) is 4. The van der Waals surface area contributed by atoms with E-state index in [2.05, 4.69) is 5.32 Å². The summed E-state index contributed by atoms with van der Waals surface area (Å²) in [6.07, 6.45) is 0.367. The van der Waals surface area contributed by atoms with Crippen LogP contribution in [0.4, 0.5) is 5.69 Å². The van der Waals surface area contributed by atoms with E-state index in [0.29, 0.717) is 17.1 Å². The smallest absolute Gasteiger partial charge is 0.264 e. The van der Waals surface area contributed by atoms with Crippen molar-refractivity contribution in [1.82, 2.24) is 10.2 Å². The van der Waals surface area contributed by atoms with Gasteiger partial charge in [0.1, 0.15) is 12.6 Å². The van der Waals surface area contributed by atoms with Crippen LogP contribution in [0, 0.1) is 13.8 Å². The topological polar surface area (TPSA) is 86.8 Å². The van der Waals surface area contributed by atoms with E-state index in [0.717, 1.165) is 21.0 Å². The molecule has 3 aromatic carbocycles. The molecule has 1 atom stereocenters. The maximum absolute atomic E-state index is 13.8. The van der Waals surface area contributed by atoms with Gasteiger partial charge in [0.25, 0.3) is 10.0 Å². The second-order valence-electron chi connectivity index (χ2n) is 8.85. The van der Waals surface area contributed by atoms with Crippen LogP contribution >= 0.6 is 11.6 Å². The molecule has 9 heteroatoms. The molecule has 0 aliphatic carbocycles. The molecule has 0 fully saturated rings. The Morgan fingerprint density at radius 2 is 1.43 bits per heavy atom. The third kappa shape index (κ3) is 6.90. The van der Waals surface area contributed by atoms with Gasteiger partial charge in [-0.1, -0.05) is 66.0 Å². The molecule has 0 bridgehead atoms. The number of sulfonamides is 1. The molecule has 0 aliphatic rings. The van der Waals surface area contributed by atoms with E-state index in [1.54, 1.807) is 24.3 Å². The summed E-state index contributed by atoms with van der Waals surface area (Å²) in [6, 6.07) is 19.6. The SMILES string of the molecule is CC[C@@H](C(=O)NC)N(Cc1ccc(C)cc1)C(=O)CN(c1ccc(C)cc1)S(=O)(=O)c1ccc(Cl)cc1. The highest BCUT2D eigenvalue weighted by Gasteiger charge is 2.33. The molecule has 0 aromatic heterocycles. The Hall–Kier alpha value is -3.36. The lowest BCUT2D eigenvalue weighted by Gasteiger charge is -2.33. The van der Waals surface area contributed by atoms with Crippen LogP contribution in [0.15, 0.2) is 77.7 Å². The van der Waals surface area contributed by atoms with Crippen LogP contribution in [-0.2, 0) is 26.2 Å². The van der Waals surface area contributed by atoms with Crippen LogP contribution in [-0.4, -0.2) is 44.8 Å². The van der Waals surface area contributed by atoms with Crippen LogP contribution in [0.25, 0.3) is 0 Å². The molecule has 2 amide bonds. The molecule has 37 heavy (non-hydrogen) atoms. The first-order valence-corrected chi connectivity index (χ1v) is 13.8. The monoisotopic (exact) mass is 541 g/mol. The number of likely N-dealkylation sites (N-methyl/N-ethyl adjacent to an activating group) is 1. The number of hydrogen-bond donors (Lipinski definition) is 1. The fourth-order valence-electron chi connectivity index (χ4n) is 3.95. The Bertz CT molecular complexity index is 1330. The van der Waals surface area contributed by atoms with Crippen molar-refractivity contribution in [1.29, 1.82) is 0 Å².